The maximum Gasteiger partial charge on any atom is 0.417 e. The Balaban J connectivity index is 2.81. The summed E-state index contributed by atoms with van der Waals surface area (Å²) in [6.07, 6.45) is -4.65. The molecule has 0 saturated heterocycles. The minimum Gasteiger partial charge on any atom is -0.376 e. The molecule has 0 radical (unpaired) electrons. The van der Waals surface area contributed by atoms with Gasteiger partial charge in [-0.2, -0.15) is 23.7 Å². The molecule has 0 aliphatic carbocycles. The van der Waals surface area contributed by atoms with Gasteiger partial charge >= 0.3 is 6.18 Å². The third kappa shape index (κ3) is 4.18. The number of hydrogen-bond donors (Lipinski definition) is 2. The Labute approximate surface area is 112 Å². The fourth-order valence-electron chi connectivity index (χ4n) is 1.37. The fraction of sp³-hybridized carbons (Fsp3) is 0.250. The zero-order valence-electron chi connectivity index (χ0n) is 10.1. The van der Waals surface area contributed by atoms with Crippen LogP contribution in [0.25, 0.3) is 0 Å². The standard InChI is InChI=1S/C12H9F3N4O/c13-12(14,15)10-5-9(2-1-8(10)6-17)19-7-11(20)18-4-3-16/h1-2,5,19H,4,7H2,(H,18,20). The number of carbonyl (C=O) groups excluding carboxylic acids is 1. The number of nitrogens with zero attached hydrogens (tertiary/aromatic N) is 2. The Morgan fingerprint density at radius 2 is 2.00 bits per heavy atom. The van der Waals surface area contributed by atoms with Gasteiger partial charge in [-0.05, 0) is 18.2 Å². The van der Waals surface area contributed by atoms with Crippen LogP contribution in [-0.4, -0.2) is 19.0 Å². The van der Waals surface area contributed by atoms with Crippen molar-refractivity contribution in [2.75, 3.05) is 18.4 Å². The van der Waals surface area contributed by atoms with E-state index in [0.29, 0.717) is 0 Å². The van der Waals surface area contributed by atoms with Crippen molar-refractivity contribution in [3.05, 3.63) is 29.3 Å². The molecule has 2 N–H and O–H groups in total. The first-order valence-corrected chi connectivity index (χ1v) is 5.37. The average Bonchev–Trinajstić information content (AvgIpc) is 2.41. The summed E-state index contributed by atoms with van der Waals surface area (Å²) < 4.78 is 38.1. The summed E-state index contributed by atoms with van der Waals surface area (Å²) in [5.41, 5.74) is -1.50. The van der Waals surface area contributed by atoms with Gasteiger partial charge in [0.15, 0.2) is 0 Å². The summed E-state index contributed by atoms with van der Waals surface area (Å²) in [6, 6.07) is 6.21. The third-order valence-electron chi connectivity index (χ3n) is 2.26. The van der Waals surface area contributed by atoms with Crippen LogP contribution >= 0.6 is 0 Å². The lowest BCUT2D eigenvalue weighted by Crippen LogP contribution is -2.30. The van der Waals surface area contributed by atoms with E-state index in [4.69, 9.17) is 10.5 Å². The maximum atomic E-state index is 12.7. The van der Waals surface area contributed by atoms with Gasteiger partial charge in [0.2, 0.25) is 5.91 Å². The Morgan fingerprint density at radius 1 is 1.30 bits per heavy atom. The van der Waals surface area contributed by atoms with E-state index < -0.39 is 23.2 Å². The van der Waals surface area contributed by atoms with Gasteiger partial charge in [-0.1, -0.05) is 0 Å². The first-order valence-electron chi connectivity index (χ1n) is 5.37. The molecule has 0 saturated carbocycles. The number of anilines is 1. The largest absolute Gasteiger partial charge is 0.417 e. The van der Waals surface area contributed by atoms with Crippen LogP contribution in [0.3, 0.4) is 0 Å². The van der Waals surface area contributed by atoms with Crippen LogP contribution < -0.4 is 10.6 Å². The van der Waals surface area contributed by atoms with Crippen molar-refractivity contribution in [2.45, 2.75) is 6.18 Å². The predicted octanol–water partition coefficient (Wildman–Crippen LogP) is 1.63. The van der Waals surface area contributed by atoms with E-state index in [1.165, 1.54) is 12.1 Å². The monoisotopic (exact) mass is 282 g/mol. The van der Waals surface area contributed by atoms with E-state index >= 15 is 0 Å². The zero-order chi connectivity index (χ0) is 15.2. The van der Waals surface area contributed by atoms with Gasteiger partial charge in [-0.25, -0.2) is 0 Å². The van der Waals surface area contributed by atoms with Crippen molar-refractivity contribution in [1.82, 2.24) is 5.32 Å². The van der Waals surface area contributed by atoms with Gasteiger partial charge in [0.1, 0.15) is 6.54 Å². The van der Waals surface area contributed by atoms with E-state index in [2.05, 4.69) is 10.6 Å². The molecule has 5 nitrogen and oxygen atoms in total. The summed E-state index contributed by atoms with van der Waals surface area (Å²) in [7, 11) is 0. The van der Waals surface area contributed by atoms with E-state index in [1.54, 1.807) is 6.07 Å². The molecule has 0 aliphatic rings. The highest BCUT2D eigenvalue weighted by Gasteiger charge is 2.33. The van der Waals surface area contributed by atoms with Crippen molar-refractivity contribution >= 4 is 11.6 Å². The van der Waals surface area contributed by atoms with Crippen LogP contribution in [0, 0.1) is 22.7 Å². The minimum absolute atomic E-state index is 0.0587. The first-order chi connectivity index (χ1) is 9.38. The molecule has 1 aromatic carbocycles. The predicted molar refractivity (Wildman–Crippen MR) is 63.3 cm³/mol. The molecule has 1 aromatic rings. The molecular formula is C12H9F3N4O. The first kappa shape index (κ1) is 15.3. The second kappa shape index (κ2) is 6.43. The van der Waals surface area contributed by atoms with Crippen molar-refractivity contribution in [1.29, 1.82) is 10.5 Å². The number of halogens is 3. The van der Waals surface area contributed by atoms with Crippen LogP contribution in [0.15, 0.2) is 18.2 Å². The minimum atomic E-state index is -4.65. The number of nitriles is 2. The smallest absolute Gasteiger partial charge is 0.376 e. The molecule has 1 rings (SSSR count). The number of benzene rings is 1. The molecular weight excluding hydrogens is 273 g/mol. The Kier molecular flexibility index (Phi) is 4.93. The molecule has 0 aliphatic heterocycles. The summed E-state index contributed by atoms with van der Waals surface area (Å²) >= 11 is 0. The van der Waals surface area contributed by atoms with Crippen LogP contribution in [-0.2, 0) is 11.0 Å². The van der Waals surface area contributed by atoms with Gasteiger partial charge in [0.05, 0.1) is 29.8 Å². The lowest BCUT2D eigenvalue weighted by Gasteiger charge is -2.12. The number of alkyl halides is 3. The van der Waals surface area contributed by atoms with Gasteiger partial charge in [-0.3, -0.25) is 4.79 Å². The lowest BCUT2D eigenvalue weighted by atomic mass is 10.1. The van der Waals surface area contributed by atoms with E-state index in [-0.39, 0.29) is 18.8 Å². The molecule has 0 spiro atoms. The fourth-order valence-corrected chi connectivity index (χ4v) is 1.37. The average molecular weight is 282 g/mol. The zero-order valence-corrected chi connectivity index (χ0v) is 10.1. The van der Waals surface area contributed by atoms with Crippen molar-refractivity contribution in [3.8, 4) is 12.1 Å². The van der Waals surface area contributed by atoms with Crippen LogP contribution in [0.4, 0.5) is 18.9 Å². The number of carbonyl (C=O) groups is 1. The molecule has 104 valence electrons. The quantitative estimate of drug-likeness (QED) is 0.821. The molecule has 20 heavy (non-hydrogen) atoms. The normalized spacial score (nSPS) is 10.2. The van der Waals surface area contributed by atoms with Crippen molar-refractivity contribution in [3.63, 3.8) is 0 Å². The number of rotatable bonds is 4. The summed E-state index contributed by atoms with van der Waals surface area (Å²) in [4.78, 5) is 11.2. The molecule has 0 fully saturated rings. The van der Waals surface area contributed by atoms with Crippen LogP contribution in [0.2, 0.25) is 0 Å². The van der Waals surface area contributed by atoms with E-state index in [0.717, 1.165) is 12.1 Å². The number of hydrogen-bond acceptors (Lipinski definition) is 4. The molecule has 0 unspecified atom stereocenters. The van der Waals surface area contributed by atoms with Crippen molar-refractivity contribution < 1.29 is 18.0 Å². The van der Waals surface area contributed by atoms with Crippen LogP contribution in [0.5, 0.6) is 0 Å². The van der Waals surface area contributed by atoms with E-state index in [1.807, 2.05) is 0 Å². The highest BCUT2D eigenvalue weighted by atomic mass is 19.4. The summed E-state index contributed by atoms with van der Waals surface area (Å²) in [5.74, 6) is -0.524. The second-order valence-corrected chi connectivity index (χ2v) is 3.66. The Morgan fingerprint density at radius 3 is 2.55 bits per heavy atom. The summed E-state index contributed by atoms with van der Waals surface area (Å²) in [6.45, 7) is -0.452. The van der Waals surface area contributed by atoms with E-state index in [9.17, 15) is 18.0 Å². The molecule has 1 amide bonds. The number of amides is 1. The maximum absolute atomic E-state index is 12.7. The van der Waals surface area contributed by atoms with Gasteiger partial charge in [-0.15, -0.1) is 0 Å². The highest BCUT2D eigenvalue weighted by molar-refractivity contribution is 5.80. The Bertz CT molecular complexity index is 584. The van der Waals surface area contributed by atoms with Crippen molar-refractivity contribution in [2.24, 2.45) is 0 Å². The molecule has 8 heteroatoms. The lowest BCUT2D eigenvalue weighted by molar-refractivity contribution is -0.137. The third-order valence-corrected chi connectivity index (χ3v) is 2.26. The molecule has 0 aromatic heterocycles. The van der Waals surface area contributed by atoms with Gasteiger partial charge < -0.3 is 10.6 Å². The van der Waals surface area contributed by atoms with Gasteiger partial charge in [0, 0.05) is 5.69 Å². The topological polar surface area (TPSA) is 88.7 Å². The molecule has 0 bridgehead atoms. The molecule has 0 heterocycles. The number of nitrogens with one attached hydrogen (secondary N) is 2. The Hall–Kier alpha value is -2.74. The second-order valence-electron chi connectivity index (χ2n) is 3.66. The molecule has 0 atom stereocenters. The summed E-state index contributed by atoms with van der Waals surface area (Å²) in [5, 5.41) is 21.6. The van der Waals surface area contributed by atoms with Gasteiger partial charge in [0.25, 0.3) is 0 Å². The highest BCUT2D eigenvalue weighted by Crippen LogP contribution is 2.33. The SMILES string of the molecule is N#CCNC(=O)CNc1ccc(C#N)c(C(F)(F)F)c1. The van der Waals surface area contributed by atoms with Crippen LogP contribution in [0.1, 0.15) is 11.1 Å².